The molecule has 120 valence electrons. The lowest BCUT2D eigenvalue weighted by atomic mass is 9.71. The minimum Gasteiger partial charge on any atom is -0.481 e. The third-order valence-electron chi connectivity index (χ3n) is 5.54. The number of hydrogen-bond donors (Lipinski definition) is 2. The summed E-state index contributed by atoms with van der Waals surface area (Å²) in [5.41, 5.74) is -0.604. The molecule has 2 saturated carbocycles. The van der Waals surface area contributed by atoms with Crippen molar-refractivity contribution in [2.75, 3.05) is 6.54 Å². The Morgan fingerprint density at radius 1 is 0.952 bits per heavy atom. The Balaban J connectivity index is 1.86. The van der Waals surface area contributed by atoms with Crippen molar-refractivity contribution in [1.29, 1.82) is 0 Å². The highest BCUT2D eigenvalue weighted by Crippen LogP contribution is 2.40. The molecule has 0 radical (unpaired) electrons. The van der Waals surface area contributed by atoms with Gasteiger partial charge in [0, 0.05) is 13.0 Å². The van der Waals surface area contributed by atoms with E-state index < -0.39 is 11.4 Å². The van der Waals surface area contributed by atoms with Gasteiger partial charge in [0.05, 0.1) is 5.41 Å². The summed E-state index contributed by atoms with van der Waals surface area (Å²) in [5.74, 6) is -0.868. The number of carbonyl (C=O) groups excluding carboxylic acids is 1. The lowest BCUT2D eigenvalue weighted by Crippen LogP contribution is -2.42. The van der Waals surface area contributed by atoms with E-state index in [0.29, 0.717) is 19.4 Å². The second-order valence-electron chi connectivity index (χ2n) is 7.47. The van der Waals surface area contributed by atoms with Crippen LogP contribution in [0.25, 0.3) is 0 Å². The summed E-state index contributed by atoms with van der Waals surface area (Å²) in [7, 11) is 0. The van der Waals surface area contributed by atoms with Crippen molar-refractivity contribution < 1.29 is 14.7 Å². The molecule has 0 saturated heterocycles. The lowest BCUT2D eigenvalue weighted by Gasteiger charge is -2.35. The Labute approximate surface area is 127 Å². The van der Waals surface area contributed by atoms with Crippen molar-refractivity contribution >= 4 is 11.9 Å². The molecule has 0 aromatic rings. The molecule has 2 N–H and O–H groups in total. The first kappa shape index (κ1) is 16.3. The average Bonchev–Trinajstić information content (AvgIpc) is 2.47. The quantitative estimate of drug-likeness (QED) is 0.815. The summed E-state index contributed by atoms with van der Waals surface area (Å²) in [6.45, 7) is 2.93. The van der Waals surface area contributed by atoms with Gasteiger partial charge >= 0.3 is 5.97 Å². The monoisotopic (exact) mass is 295 g/mol. The smallest absolute Gasteiger partial charge is 0.310 e. The molecule has 1 amide bonds. The summed E-state index contributed by atoms with van der Waals surface area (Å²) < 4.78 is 0. The molecule has 0 aromatic heterocycles. The van der Waals surface area contributed by atoms with Crippen molar-refractivity contribution in [3.05, 3.63) is 0 Å². The van der Waals surface area contributed by atoms with Crippen LogP contribution in [0.5, 0.6) is 0 Å². The molecule has 0 aromatic carbocycles. The molecule has 2 aliphatic rings. The summed E-state index contributed by atoms with van der Waals surface area (Å²) >= 11 is 0. The van der Waals surface area contributed by atoms with Crippen LogP contribution in [0.3, 0.4) is 0 Å². The Morgan fingerprint density at radius 2 is 1.48 bits per heavy atom. The van der Waals surface area contributed by atoms with E-state index in [0.717, 1.165) is 32.1 Å². The van der Waals surface area contributed by atoms with Gasteiger partial charge in [0.1, 0.15) is 0 Å². The fraction of sp³-hybridized carbons (Fsp3) is 0.882. The highest BCUT2D eigenvalue weighted by Gasteiger charge is 2.41. The van der Waals surface area contributed by atoms with Crippen molar-refractivity contribution in [2.45, 2.75) is 77.6 Å². The van der Waals surface area contributed by atoms with E-state index >= 15 is 0 Å². The van der Waals surface area contributed by atoms with Gasteiger partial charge in [-0.05, 0) is 31.1 Å². The van der Waals surface area contributed by atoms with Crippen molar-refractivity contribution in [1.82, 2.24) is 5.32 Å². The first-order valence-corrected chi connectivity index (χ1v) is 8.46. The minimum atomic E-state index is -0.810. The molecule has 4 nitrogen and oxygen atoms in total. The molecule has 2 rings (SSSR count). The van der Waals surface area contributed by atoms with Crippen molar-refractivity contribution in [3.8, 4) is 0 Å². The van der Waals surface area contributed by atoms with Crippen LogP contribution in [-0.4, -0.2) is 23.5 Å². The van der Waals surface area contributed by atoms with Crippen LogP contribution in [0.1, 0.15) is 77.6 Å². The second-order valence-corrected chi connectivity index (χ2v) is 7.47. The maximum Gasteiger partial charge on any atom is 0.310 e. The Kier molecular flexibility index (Phi) is 5.28. The van der Waals surface area contributed by atoms with E-state index in [2.05, 4.69) is 12.2 Å². The molecular weight excluding hydrogens is 266 g/mol. The van der Waals surface area contributed by atoms with Crippen LogP contribution in [0.4, 0.5) is 0 Å². The van der Waals surface area contributed by atoms with E-state index in [1.54, 1.807) is 0 Å². The Hall–Kier alpha value is -1.06. The largest absolute Gasteiger partial charge is 0.481 e. The summed E-state index contributed by atoms with van der Waals surface area (Å²) in [6, 6.07) is 0. The molecule has 0 heterocycles. The van der Waals surface area contributed by atoms with Crippen LogP contribution in [-0.2, 0) is 9.59 Å². The second kappa shape index (κ2) is 6.80. The number of rotatable bonds is 5. The van der Waals surface area contributed by atoms with E-state index in [1.165, 1.54) is 19.3 Å². The van der Waals surface area contributed by atoms with Crippen LogP contribution < -0.4 is 5.32 Å². The van der Waals surface area contributed by atoms with Gasteiger partial charge in [-0.2, -0.15) is 0 Å². The number of hydrogen-bond acceptors (Lipinski definition) is 2. The number of nitrogens with one attached hydrogen (secondary N) is 1. The zero-order chi connectivity index (χ0) is 15.3. The maximum absolute atomic E-state index is 12.2. The van der Waals surface area contributed by atoms with Gasteiger partial charge in [0.2, 0.25) is 5.91 Å². The van der Waals surface area contributed by atoms with Crippen molar-refractivity contribution in [3.63, 3.8) is 0 Å². The summed E-state index contributed by atoms with van der Waals surface area (Å²) in [5, 5.41) is 12.5. The SMILES string of the molecule is CC1(CNC(=O)CC2(C(=O)O)CCCCC2)CCCCC1. The standard InChI is InChI=1S/C17H29NO3/c1-16(8-4-2-5-9-16)13-18-14(19)12-17(15(20)21)10-6-3-7-11-17/h2-13H2,1H3,(H,18,19)(H,20,21). The highest BCUT2D eigenvalue weighted by molar-refractivity contribution is 5.85. The topological polar surface area (TPSA) is 66.4 Å². The van der Waals surface area contributed by atoms with E-state index in [1.807, 2.05) is 0 Å². The first-order chi connectivity index (χ1) is 9.96. The van der Waals surface area contributed by atoms with E-state index in [-0.39, 0.29) is 17.7 Å². The zero-order valence-corrected chi connectivity index (χ0v) is 13.2. The van der Waals surface area contributed by atoms with Crippen LogP contribution >= 0.6 is 0 Å². The third-order valence-corrected chi connectivity index (χ3v) is 5.54. The number of aliphatic carboxylic acids is 1. The Bertz CT molecular complexity index is 379. The van der Waals surface area contributed by atoms with E-state index in [4.69, 9.17) is 0 Å². The third kappa shape index (κ3) is 4.21. The normalized spacial score (nSPS) is 24.2. The van der Waals surface area contributed by atoms with Gasteiger partial charge < -0.3 is 10.4 Å². The molecule has 0 atom stereocenters. The van der Waals surface area contributed by atoms with E-state index in [9.17, 15) is 14.7 Å². The maximum atomic E-state index is 12.2. The molecule has 2 aliphatic carbocycles. The van der Waals surface area contributed by atoms with Gasteiger partial charge in [0.15, 0.2) is 0 Å². The molecule has 0 unspecified atom stereocenters. The molecule has 21 heavy (non-hydrogen) atoms. The number of carboxylic acids is 1. The van der Waals surface area contributed by atoms with Gasteiger partial charge in [0.25, 0.3) is 0 Å². The zero-order valence-electron chi connectivity index (χ0n) is 13.2. The number of carbonyl (C=O) groups is 2. The van der Waals surface area contributed by atoms with Gasteiger partial charge in [-0.15, -0.1) is 0 Å². The molecule has 0 bridgehead atoms. The first-order valence-electron chi connectivity index (χ1n) is 8.46. The summed E-state index contributed by atoms with van der Waals surface area (Å²) in [6.07, 6.45) is 10.5. The molecule has 0 aliphatic heterocycles. The van der Waals surface area contributed by atoms with Gasteiger partial charge in [-0.1, -0.05) is 45.4 Å². The fourth-order valence-corrected chi connectivity index (χ4v) is 3.96. The number of amides is 1. The number of carboxylic acid groups (broad SMARTS) is 1. The van der Waals surface area contributed by atoms with Crippen LogP contribution in [0.2, 0.25) is 0 Å². The molecule has 2 fully saturated rings. The summed E-state index contributed by atoms with van der Waals surface area (Å²) in [4.78, 5) is 23.8. The minimum absolute atomic E-state index is 0.0777. The van der Waals surface area contributed by atoms with Crippen molar-refractivity contribution in [2.24, 2.45) is 10.8 Å². The molecule has 0 spiro atoms. The van der Waals surface area contributed by atoms with Gasteiger partial charge in [-0.3, -0.25) is 9.59 Å². The average molecular weight is 295 g/mol. The molecule has 4 heteroatoms. The predicted octanol–water partition coefficient (Wildman–Crippen LogP) is 3.50. The van der Waals surface area contributed by atoms with Gasteiger partial charge in [-0.25, -0.2) is 0 Å². The highest BCUT2D eigenvalue weighted by atomic mass is 16.4. The fourth-order valence-electron chi connectivity index (χ4n) is 3.96. The molecular formula is C17H29NO3. The van der Waals surface area contributed by atoms with Crippen LogP contribution in [0.15, 0.2) is 0 Å². The lowest BCUT2D eigenvalue weighted by molar-refractivity contribution is -0.154. The van der Waals surface area contributed by atoms with Crippen LogP contribution in [0, 0.1) is 10.8 Å². The predicted molar refractivity (Wildman–Crippen MR) is 82.0 cm³/mol. The Morgan fingerprint density at radius 3 is 2.00 bits per heavy atom.